The summed E-state index contributed by atoms with van der Waals surface area (Å²) in [6.45, 7) is 4.57. The summed E-state index contributed by atoms with van der Waals surface area (Å²) in [7, 11) is 0. The van der Waals surface area contributed by atoms with E-state index < -0.39 is 0 Å². The Morgan fingerprint density at radius 2 is 1.91 bits per heavy atom. The molecule has 0 spiro atoms. The average Bonchev–Trinajstić information content (AvgIpc) is 3.06. The van der Waals surface area contributed by atoms with Crippen molar-refractivity contribution in [1.29, 1.82) is 0 Å². The summed E-state index contributed by atoms with van der Waals surface area (Å²) in [5.41, 5.74) is 3.81. The molecule has 1 aromatic heterocycles. The van der Waals surface area contributed by atoms with Gasteiger partial charge in [-0.3, -0.25) is 9.59 Å². The zero-order chi connectivity index (χ0) is 16.4. The van der Waals surface area contributed by atoms with Gasteiger partial charge in [0.15, 0.2) is 0 Å². The van der Waals surface area contributed by atoms with Crippen molar-refractivity contribution in [2.75, 3.05) is 6.54 Å². The van der Waals surface area contributed by atoms with E-state index in [4.69, 9.17) is 0 Å². The van der Waals surface area contributed by atoms with Crippen LogP contribution in [0.5, 0.6) is 0 Å². The Labute approximate surface area is 136 Å². The molecule has 1 aromatic carbocycles. The number of pyridine rings is 1. The lowest BCUT2D eigenvalue weighted by Gasteiger charge is -2.11. The molecule has 0 aliphatic heterocycles. The minimum Gasteiger partial charge on any atom is -0.356 e. The number of rotatable bonds is 4. The number of carbonyl (C=O) groups excluding carboxylic acids is 1. The molecule has 1 heterocycles. The summed E-state index contributed by atoms with van der Waals surface area (Å²) < 4.78 is 0. The molecule has 122 valence electrons. The molecule has 0 radical (unpaired) electrons. The van der Waals surface area contributed by atoms with Crippen molar-refractivity contribution in [1.82, 2.24) is 10.3 Å². The highest BCUT2D eigenvalue weighted by atomic mass is 16.2. The normalized spacial score (nSPS) is 15.2. The highest BCUT2D eigenvalue weighted by molar-refractivity contribution is 5.85. The quantitative estimate of drug-likeness (QED) is 0.911. The Morgan fingerprint density at radius 3 is 2.65 bits per heavy atom. The monoisotopic (exact) mass is 312 g/mol. The van der Waals surface area contributed by atoms with E-state index >= 15 is 0 Å². The zero-order valence-electron chi connectivity index (χ0n) is 13.9. The number of aromatic amines is 1. The van der Waals surface area contributed by atoms with Gasteiger partial charge < -0.3 is 10.3 Å². The zero-order valence-corrected chi connectivity index (χ0v) is 13.9. The first-order valence-electron chi connectivity index (χ1n) is 8.46. The van der Waals surface area contributed by atoms with Crippen LogP contribution < -0.4 is 10.9 Å². The summed E-state index contributed by atoms with van der Waals surface area (Å²) in [5, 5.41) is 4.07. The van der Waals surface area contributed by atoms with Gasteiger partial charge in [-0.25, -0.2) is 0 Å². The molecule has 1 fully saturated rings. The number of carbonyl (C=O) groups is 1. The highest BCUT2D eigenvalue weighted by Crippen LogP contribution is 2.24. The molecule has 0 saturated heterocycles. The maximum atomic E-state index is 12.3. The fourth-order valence-corrected chi connectivity index (χ4v) is 3.46. The molecule has 1 saturated carbocycles. The minimum absolute atomic E-state index is 0.0543. The summed E-state index contributed by atoms with van der Waals surface area (Å²) in [5.74, 6) is 0.321. The summed E-state index contributed by atoms with van der Waals surface area (Å²) >= 11 is 0. The molecular weight excluding hydrogens is 288 g/mol. The molecule has 1 amide bonds. The third kappa shape index (κ3) is 3.31. The van der Waals surface area contributed by atoms with Crippen LogP contribution in [0.2, 0.25) is 0 Å². The van der Waals surface area contributed by atoms with Gasteiger partial charge in [0.05, 0.1) is 5.52 Å². The van der Waals surface area contributed by atoms with E-state index in [1.807, 2.05) is 26.0 Å². The van der Waals surface area contributed by atoms with Gasteiger partial charge in [-0.05, 0) is 50.3 Å². The second-order valence-electron chi connectivity index (χ2n) is 6.63. The van der Waals surface area contributed by atoms with E-state index in [0.29, 0.717) is 13.0 Å². The van der Waals surface area contributed by atoms with Crippen molar-refractivity contribution < 1.29 is 4.79 Å². The smallest absolute Gasteiger partial charge is 0.251 e. The van der Waals surface area contributed by atoms with Crippen molar-refractivity contribution in [3.63, 3.8) is 0 Å². The highest BCUT2D eigenvalue weighted by Gasteiger charge is 2.22. The molecular formula is C19H24N2O2. The Kier molecular flexibility index (Phi) is 4.51. The summed E-state index contributed by atoms with van der Waals surface area (Å²) in [6, 6.07) is 6.06. The minimum atomic E-state index is -0.0543. The lowest BCUT2D eigenvalue weighted by atomic mass is 10.0. The third-order valence-electron chi connectivity index (χ3n) is 4.94. The molecule has 1 aliphatic carbocycles. The standard InChI is InChI=1S/C19H24N2O2/c1-12-7-8-13(2)17-16(12)11-15(19(23)21-17)9-10-20-18(22)14-5-3-4-6-14/h7-8,11,14H,3-6,9-10H2,1-2H3,(H,20,22)(H,21,23). The Bertz CT molecular complexity index is 786. The maximum Gasteiger partial charge on any atom is 0.251 e. The molecule has 4 heteroatoms. The van der Waals surface area contributed by atoms with E-state index in [-0.39, 0.29) is 17.4 Å². The number of amides is 1. The SMILES string of the molecule is Cc1ccc(C)c2[nH]c(=O)c(CCNC(=O)C3CCCC3)cc12. The van der Waals surface area contributed by atoms with E-state index in [1.54, 1.807) is 0 Å². The summed E-state index contributed by atoms with van der Waals surface area (Å²) in [4.78, 5) is 27.3. The predicted molar refractivity (Wildman–Crippen MR) is 92.7 cm³/mol. The summed E-state index contributed by atoms with van der Waals surface area (Å²) in [6.07, 6.45) is 4.88. The van der Waals surface area contributed by atoms with Crippen LogP contribution in [0.15, 0.2) is 23.0 Å². The second-order valence-corrected chi connectivity index (χ2v) is 6.63. The van der Waals surface area contributed by atoms with E-state index in [2.05, 4.69) is 16.4 Å². The fraction of sp³-hybridized carbons (Fsp3) is 0.474. The Morgan fingerprint density at radius 1 is 1.22 bits per heavy atom. The van der Waals surface area contributed by atoms with Crippen molar-refractivity contribution in [3.05, 3.63) is 45.2 Å². The molecule has 0 atom stereocenters. The van der Waals surface area contributed by atoms with Crippen LogP contribution in [-0.4, -0.2) is 17.4 Å². The van der Waals surface area contributed by atoms with E-state index in [9.17, 15) is 9.59 Å². The number of aryl methyl sites for hydroxylation is 2. The number of H-pyrrole nitrogens is 1. The molecule has 4 nitrogen and oxygen atoms in total. The van der Waals surface area contributed by atoms with Crippen molar-refractivity contribution >= 4 is 16.8 Å². The third-order valence-corrected chi connectivity index (χ3v) is 4.94. The largest absolute Gasteiger partial charge is 0.356 e. The number of fused-ring (bicyclic) bond motifs is 1. The van der Waals surface area contributed by atoms with Crippen LogP contribution in [0.4, 0.5) is 0 Å². The van der Waals surface area contributed by atoms with Crippen LogP contribution in [-0.2, 0) is 11.2 Å². The molecule has 0 unspecified atom stereocenters. The van der Waals surface area contributed by atoms with Gasteiger partial charge in [0, 0.05) is 23.4 Å². The van der Waals surface area contributed by atoms with Crippen LogP contribution in [0, 0.1) is 19.8 Å². The predicted octanol–water partition coefficient (Wildman–Crippen LogP) is 2.99. The van der Waals surface area contributed by atoms with Gasteiger partial charge in [-0.1, -0.05) is 25.0 Å². The van der Waals surface area contributed by atoms with Gasteiger partial charge in [0.1, 0.15) is 0 Å². The van der Waals surface area contributed by atoms with Crippen LogP contribution in [0.25, 0.3) is 10.9 Å². The number of benzene rings is 1. The second kappa shape index (κ2) is 6.57. The van der Waals surface area contributed by atoms with Gasteiger partial charge in [-0.15, -0.1) is 0 Å². The van der Waals surface area contributed by atoms with Crippen LogP contribution in [0.1, 0.15) is 42.4 Å². The lowest BCUT2D eigenvalue weighted by Crippen LogP contribution is -2.31. The van der Waals surface area contributed by atoms with Crippen LogP contribution in [0.3, 0.4) is 0 Å². The Balaban J connectivity index is 1.73. The average molecular weight is 312 g/mol. The molecule has 1 aliphatic rings. The Hall–Kier alpha value is -2.10. The fourth-order valence-electron chi connectivity index (χ4n) is 3.46. The van der Waals surface area contributed by atoms with Gasteiger partial charge in [0.25, 0.3) is 5.56 Å². The van der Waals surface area contributed by atoms with Gasteiger partial charge in [0.2, 0.25) is 5.91 Å². The maximum absolute atomic E-state index is 12.3. The number of hydrogen-bond acceptors (Lipinski definition) is 2. The topological polar surface area (TPSA) is 62.0 Å². The number of hydrogen-bond donors (Lipinski definition) is 2. The lowest BCUT2D eigenvalue weighted by molar-refractivity contribution is -0.124. The molecule has 2 N–H and O–H groups in total. The van der Waals surface area contributed by atoms with Gasteiger partial charge in [-0.2, -0.15) is 0 Å². The van der Waals surface area contributed by atoms with Crippen LogP contribution >= 0.6 is 0 Å². The first-order chi connectivity index (χ1) is 11.1. The molecule has 23 heavy (non-hydrogen) atoms. The van der Waals surface area contributed by atoms with E-state index in [0.717, 1.165) is 53.3 Å². The molecule has 0 bridgehead atoms. The van der Waals surface area contributed by atoms with Crippen molar-refractivity contribution in [2.24, 2.45) is 5.92 Å². The van der Waals surface area contributed by atoms with Crippen molar-refractivity contribution in [2.45, 2.75) is 46.0 Å². The number of aromatic nitrogens is 1. The first kappa shape index (κ1) is 15.8. The van der Waals surface area contributed by atoms with Gasteiger partial charge >= 0.3 is 0 Å². The first-order valence-corrected chi connectivity index (χ1v) is 8.46. The molecule has 3 rings (SSSR count). The molecule has 2 aromatic rings. The number of nitrogens with one attached hydrogen (secondary N) is 2. The van der Waals surface area contributed by atoms with E-state index in [1.165, 1.54) is 0 Å². The van der Waals surface area contributed by atoms with Crippen molar-refractivity contribution in [3.8, 4) is 0 Å².